The normalized spacial score (nSPS) is 11.2. The summed E-state index contributed by atoms with van der Waals surface area (Å²) in [7, 11) is 0. The number of pyridine rings is 1. The van der Waals surface area contributed by atoms with Crippen molar-refractivity contribution in [3.8, 4) is 0 Å². The molecule has 96 valence electrons. The molecular weight excluding hydrogens is 244 g/mol. The number of halogens is 1. The van der Waals surface area contributed by atoms with Crippen LogP contribution in [0.15, 0.2) is 18.2 Å². The molecule has 0 saturated heterocycles. The van der Waals surface area contributed by atoms with E-state index in [4.69, 9.17) is 16.6 Å². The van der Waals surface area contributed by atoms with E-state index in [1.54, 1.807) is 0 Å². The molecule has 0 unspecified atom stereocenters. The average Bonchev–Trinajstić information content (AvgIpc) is 2.29. The van der Waals surface area contributed by atoms with Crippen LogP contribution in [0, 0.1) is 6.92 Å². The van der Waals surface area contributed by atoms with E-state index in [1.165, 1.54) is 5.56 Å². The minimum atomic E-state index is 0.440. The van der Waals surface area contributed by atoms with Crippen molar-refractivity contribution in [3.05, 3.63) is 34.3 Å². The van der Waals surface area contributed by atoms with E-state index in [9.17, 15) is 0 Å². The first kappa shape index (κ1) is 13.2. The summed E-state index contributed by atoms with van der Waals surface area (Å²) in [6.07, 6.45) is 0. The Morgan fingerprint density at radius 1 is 1.28 bits per heavy atom. The van der Waals surface area contributed by atoms with Gasteiger partial charge in [0, 0.05) is 17.0 Å². The summed E-state index contributed by atoms with van der Waals surface area (Å²) in [5.41, 5.74) is 3.39. The fourth-order valence-electron chi connectivity index (χ4n) is 2.19. The van der Waals surface area contributed by atoms with Crippen molar-refractivity contribution in [1.82, 2.24) is 4.98 Å². The first-order valence-electron chi connectivity index (χ1n) is 6.37. The molecule has 2 rings (SSSR count). The molecule has 0 saturated carbocycles. The molecule has 2 aromatic rings. The van der Waals surface area contributed by atoms with Crippen LogP contribution in [0.1, 0.15) is 37.8 Å². The van der Waals surface area contributed by atoms with Gasteiger partial charge in [0.1, 0.15) is 5.82 Å². The Morgan fingerprint density at radius 3 is 2.61 bits per heavy atom. The van der Waals surface area contributed by atoms with Gasteiger partial charge in [-0.3, -0.25) is 0 Å². The number of nitrogens with zero attached hydrogens (tertiary/aromatic N) is 1. The number of benzene rings is 1. The predicted octanol–water partition coefficient (Wildman–Crippen LogP) is 4.75. The lowest BCUT2D eigenvalue weighted by Gasteiger charge is -2.15. The van der Waals surface area contributed by atoms with Gasteiger partial charge in [-0.1, -0.05) is 25.4 Å². The summed E-state index contributed by atoms with van der Waals surface area (Å²) >= 11 is 6.11. The maximum atomic E-state index is 6.11. The Labute approximate surface area is 113 Å². The van der Waals surface area contributed by atoms with Crippen LogP contribution in [-0.4, -0.2) is 11.5 Å². The van der Waals surface area contributed by atoms with E-state index in [-0.39, 0.29) is 0 Å². The number of rotatable bonds is 3. The third kappa shape index (κ3) is 2.44. The number of hydrogen-bond acceptors (Lipinski definition) is 2. The Kier molecular flexibility index (Phi) is 3.76. The van der Waals surface area contributed by atoms with Crippen LogP contribution >= 0.6 is 11.6 Å². The van der Waals surface area contributed by atoms with E-state index in [0.29, 0.717) is 5.92 Å². The molecule has 0 spiro atoms. The molecule has 0 aliphatic carbocycles. The van der Waals surface area contributed by atoms with E-state index < -0.39 is 0 Å². The largest absolute Gasteiger partial charge is 0.370 e. The number of aromatic nitrogens is 1. The highest BCUT2D eigenvalue weighted by Gasteiger charge is 2.11. The van der Waals surface area contributed by atoms with Crippen LogP contribution in [-0.2, 0) is 0 Å². The van der Waals surface area contributed by atoms with Gasteiger partial charge in [0.25, 0.3) is 0 Å². The van der Waals surface area contributed by atoms with Gasteiger partial charge in [0.2, 0.25) is 0 Å². The van der Waals surface area contributed by atoms with Crippen LogP contribution in [0.3, 0.4) is 0 Å². The summed E-state index contributed by atoms with van der Waals surface area (Å²) in [4.78, 5) is 4.76. The molecule has 1 heterocycles. The number of aryl methyl sites for hydroxylation is 1. The number of fused-ring (bicyclic) bond motifs is 1. The van der Waals surface area contributed by atoms with Crippen molar-refractivity contribution in [2.75, 3.05) is 11.9 Å². The first-order valence-corrected chi connectivity index (χ1v) is 6.75. The van der Waals surface area contributed by atoms with E-state index in [2.05, 4.69) is 32.2 Å². The van der Waals surface area contributed by atoms with Crippen molar-refractivity contribution < 1.29 is 0 Å². The van der Waals surface area contributed by atoms with E-state index in [0.717, 1.165) is 33.9 Å². The molecule has 0 atom stereocenters. The van der Waals surface area contributed by atoms with Crippen molar-refractivity contribution in [3.63, 3.8) is 0 Å². The quantitative estimate of drug-likeness (QED) is 0.863. The maximum Gasteiger partial charge on any atom is 0.130 e. The fraction of sp³-hybridized carbons (Fsp3) is 0.400. The lowest BCUT2D eigenvalue weighted by atomic mass is 10.0. The van der Waals surface area contributed by atoms with Gasteiger partial charge >= 0.3 is 0 Å². The molecule has 0 radical (unpaired) electrons. The van der Waals surface area contributed by atoms with E-state index >= 15 is 0 Å². The predicted molar refractivity (Wildman–Crippen MR) is 79.7 cm³/mol. The molecule has 0 amide bonds. The van der Waals surface area contributed by atoms with Crippen LogP contribution in [0.5, 0.6) is 0 Å². The van der Waals surface area contributed by atoms with Crippen molar-refractivity contribution in [2.45, 2.75) is 33.6 Å². The third-order valence-corrected chi connectivity index (χ3v) is 3.29. The standard InChI is InChI=1S/C15H19ClN2/c1-5-17-15-13(9(2)3)8-11-7-12(16)6-10(4)14(11)18-15/h6-9H,5H2,1-4H3,(H,17,18). The third-order valence-electron chi connectivity index (χ3n) is 3.07. The molecule has 0 bridgehead atoms. The molecule has 1 aromatic carbocycles. The summed E-state index contributed by atoms with van der Waals surface area (Å²) in [5, 5.41) is 5.23. The number of anilines is 1. The van der Waals surface area contributed by atoms with Crippen molar-refractivity contribution >= 4 is 28.3 Å². The zero-order valence-electron chi connectivity index (χ0n) is 11.3. The minimum Gasteiger partial charge on any atom is -0.370 e. The van der Waals surface area contributed by atoms with Gasteiger partial charge < -0.3 is 5.32 Å². The van der Waals surface area contributed by atoms with Crippen LogP contribution in [0.4, 0.5) is 5.82 Å². The average molecular weight is 263 g/mol. The molecular formula is C15H19ClN2. The topological polar surface area (TPSA) is 24.9 Å². The highest BCUT2D eigenvalue weighted by molar-refractivity contribution is 6.31. The van der Waals surface area contributed by atoms with Crippen LogP contribution in [0.25, 0.3) is 10.9 Å². The number of hydrogen-bond donors (Lipinski definition) is 1. The van der Waals surface area contributed by atoms with Crippen molar-refractivity contribution in [1.29, 1.82) is 0 Å². The summed E-state index contributed by atoms with van der Waals surface area (Å²) < 4.78 is 0. The van der Waals surface area contributed by atoms with Gasteiger partial charge in [-0.05, 0) is 49.1 Å². The minimum absolute atomic E-state index is 0.440. The monoisotopic (exact) mass is 262 g/mol. The van der Waals surface area contributed by atoms with Gasteiger partial charge in [-0.2, -0.15) is 0 Å². The van der Waals surface area contributed by atoms with Crippen LogP contribution in [0.2, 0.25) is 5.02 Å². The Morgan fingerprint density at radius 2 is 2.00 bits per heavy atom. The second-order valence-electron chi connectivity index (χ2n) is 4.91. The van der Waals surface area contributed by atoms with Crippen LogP contribution < -0.4 is 5.32 Å². The van der Waals surface area contributed by atoms with E-state index in [1.807, 2.05) is 19.1 Å². The summed E-state index contributed by atoms with van der Waals surface area (Å²) in [6, 6.07) is 6.14. The molecule has 18 heavy (non-hydrogen) atoms. The number of nitrogens with one attached hydrogen (secondary N) is 1. The summed E-state index contributed by atoms with van der Waals surface area (Å²) in [6.45, 7) is 9.38. The summed E-state index contributed by atoms with van der Waals surface area (Å²) in [5.74, 6) is 1.43. The highest BCUT2D eigenvalue weighted by Crippen LogP contribution is 2.30. The smallest absolute Gasteiger partial charge is 0.130 e. The lowest BCUT2D eigenvalue weighted by molar-refractivity contribution is 0.861. The SMILES string of the molecule is CCNc1nc2c(C)cc(Cl)cc2cc1C(C)C. The lowest BCUT2D eigenvalue weighted by Crippen LogP contribution is -2.05. The maximum absolute atomic E-state index is 6.11. The molecule has 0 aliphatic heterocycles. The molecule has 0 aliphatic rings. The van der Waals surface area contributed by atoms with Gasteiger partial charge in [0.15, 0.2) is 0 Å². The second kappa shape index (κ2) is 5.15. The molecule has 1 N–H and O–H groups in total. The Hall–Kier alpha value is -1.28. The molecule has 3 heteroatoms. The van der Waals surface area contributed by atoms with Gasteiger partial charge in [0.05, 0.1) is 5.52 Å². The van der Waals surface area contributed by atoms with Gasteiger partial charge in [-0.25, -0.2) is 4.98 Å². The molecule has 0 fully saturated rings. The molecule has 2 nitrogen and oxygen atoms in total. The Balaban J connectivity index is 2.72. The van der Waals surface area contributed by atoms with Crippen molar-refractivity contribution in [2.24, 2.45) is 0 Å². The first-order chi connectivity index (χ1) is 8.52. The van der Waals surface area contributed by atoms with Gasteiger partial charge in [-0.15, -0.1) is 0 Å². The zero-order chi connectivity index (χ0) is 13.3. The fourth-order valence-corrected chi connectivity index (χ4v) is 2.47. The Bertz CT molecular complexity index is 576. The zero-order valence-corrected chi connectivity index (χ0v) is 12.1. The highest BCUT2D eigenvalue weighted by atomic mass is 35.5. The molecule has 1 aromatic heterocycles. The second-order valence-corrected chi connectivity index (χ2v) is 5.34.